The molecule has 102 valence electrons. The van der Waals surface area contributed by atoms with Crippen LogP contribution in [0.25, 0.3) is 0 Å². The molecule has 18 heavy (non-hydrogen) atoms. The summed E-state index contributed by atoms with van der Waals surface area (Å²) in [7, 11) is 0. The predicted octanol–water partition coefficient (Wildman–Crippen LogP) is -0.322. The van der Waals surface area contributed by atoms with Crippen LogP contribution in [0.3, 0.4) is 0 Å². The van der Waals surface area contributed by atoms with E-state index in [0.29, 0.717) is 6.54 Å². The molecule has 4 N–H and O–H groups in total. The smallest absolute Gasteiger partial charge is 0.122 e. The Balaban J connectivity index is 2.21. The lowest BCUT2D eigenvalue weighted by Crippen LogP contribution is -2.37. The minimum absolute atomic E-state index is 0.188. The molecular weight excluding hydrogens is 234 g/mol. The lowest BCUT2D eigenvalue weighted by atomic mass is 10.2. The first-order valence-electron chi connectivity index (χ1n) is 5.99. The summed E-state index contributed by atoms with van der Waals surface area (Å²) in [6.07, 6.45) is -1.45. The molecule has 0 aromatic heterocycles. The van der Waals surface area contributed by atoms with Crippen molar-refractivity contribution in [3.05, 3.63) is 29.8 Å². The topological polar surface area (TPSA) is 82.0 Å². The van der Waals surface area contributed by atoms with E-state index in [4.69, 9.17) is 14.9 Å². The Hall–Kier alpha value is -1.14. The van der Waals surface area contributed by atoms with Gasteiger partial charge in [-0.25, -0.2) is 0 Å². The van der Waals surface area contributed by atoms with Crippen molar-refractivity contribution in [3.63, 3.8) is 0 Å². The quantitative estimate of drug-likeness (QED) is 0.512. The van der Waals surface area contributed by atoms with Crippen LogP contribution < -0.4 is 10.1 Å². The van der Waals surface area contributed by atoms with Gasteiger partial charge in [-0.05, 0) is 18.6 Å². The van der Waals surface area contributed by atoms with E-state index < -0.39 is 12.2 Å². The number of aliphatic hydroxyl groups excluding tert-OH is 3. The number of hydrogen-bond donors (Lipinski definition) is 4. The molecular formula is C13H21NO4. The van der Waals surface area contributed by atoms with E-state index in [2.05, 4.69) is 5.32 Å². The standard InChI is InChI=1S/C13H21NO4/c1-10-4-2-3-5-13(10)18-9-12(17)7-14-6-11(16)8-15/h2-5,11-12,14-17H,6-9H2,1H3. The first-order valence-corrected chi connectivity index (χ1v) is 5.99. The number of nitrogens with one attached hydrogen (secondary N) is 1. The van der Waals surface area contributed by atoms with Crippen LogP contribution in [0.5, 0.6) is 5.75 Å². The van der Waals surface area contributed by atoms with Gasteiger partial charge in [0, 0.05) is 13.1 Å². The van der Waals surface area contributed by atoms with E-state index >= 15 is 0 Å². The molecule has 0 saturated heterocycles. The second kappa shape index (κ2) is 8.05. The molecule has 1 aromatic rings. The first kappa shape index (κ1) is 14.9. The van der Waals surface area contributed by atoms with Gasteiger partial charge in [0.15, 0.2) is 0 Å². The van der Waals surface area contributed by atoms with E-state index in [1.165, 1.54) is 0 Å². The van der Waals surface area contributed by atoms with Crippen molar-refractivity contribution in [2.24, 2.45) is 0 Å². The molecule has 0 spiro atoms. The molecule has 5 heteroatoms. The molecule has 5 nitrogen and oxygen atoms in total. The van der Waals surface area contributed by atoms with Gasteiger partial charge >= 0.3 is 0 Å². The van der Waals surface area contributed by atoms with Crippen LogP contribution in [0.2, 0.25) is 0 Å². The summed E-state index contributed by atoms with van der Waals surface area (Å²) >= 11 is 0. The van der Waals surface area contributed by atoms with Crippen LogP contribution in [0.15, 0.2) is 24.3 Å². The number of benzene rings is 1. The van der Waals surface area contributed by atoms with Gasteiger partial charge in [-0.15, -0.1) is 0 Å². The Morgan fingerprint density at radius 2 is 1.83 bits per heavy atom. The Morgan fingerprint density at radius 3 is 2.50 bits per heavy atom. The van der Waals surface area contributed by atoms with Crippen LogP contribution in [0.1, 0.15) is 5.56 Å². The van der Waals surface area contributed by atoms with Gasteiger partial charge in [-0.3, -0.25) is 0 Å². The van der Waals surface area contributed by atoms with Crippen LogP contribution in [-0.4, -0.2) is 53.8 Å². The highest BCUT2D eigenvalue weighted by atomic mass is 16.5. The molecule has 0 radical (unpaired) electrons. The fourth-order valence-corrected chi connectivity index (χ4v) is 1.44. The summed E-state index contributed by atoms with van der Waals surface area (Å²) in [5, 5.41) is 30.2. The predicted molar refractivity (Wildman–Crippen MR) is 68.6 cm³/mol. The zero-order chi connectivity index (χ0) is 13.4. The van der Waals surface area contributed by atoms with Gasteiger partial charge < -0.3 is 25.4 Å². The van der Waals surface area contributed by atoms with Crippen molar-refractivity contribution in [1.82, 2.24) is 5.32 Å². The highest BCUT2D eigenvalue weighted by Gasteiger charge is 2.07. The summed E-state index contributed by atoms with van der Waals surface area (Å²) in [6, 6.07) is 7.60. The van der Waals surface area contributed by atoms with Gasteiger partial charge in [-0.1, -0.05) is 18.2 Å². The van der Waals surface area contributed by atoms with Crippen LogP contribution in [-0.2, 0) is 0 Å². The molecule has 2 unspecified atom stereocenters. The molecule has 0 aliphatic rings. The zero-order valence-corrected chi connectivity index (χ0v) is 10.5. The number of aryl methyl sites for hydroxylation is 1. The monoisotopic (exact) mass is 255 g/mol. The Labute approximate surface area is 107 Å². The third-order valence-corrected chi connectivity index (χ3v) is 2.50. The van der Waals surface area contributed by atoms with Gasteiger partial charge in [0.2, 0.25) is 0 Å². The maximum atomic E-state index is 9.66. The largest absolute Gasteiger partial charge is 0.491 e. The van der Waals surface area contributed by atoms with Crippen molar-refractivity contribution in [2.45, 2.75) is 19.1 Å². The fraction of sp³-hybridized carbons (Fsp3) is 0.538. The summed E-state index contributed by atoms with van der Waals surface area (Å²) < 4.78 is 5.48. The molecule has 0 amide bonds. The Bertz CT molecular complexity index is 346. The highest BCUT2D eigenvalue weighted by molar-refractivity contribution is 5.31. The van der Waals surface area contributed by atoms with E-state index in [-0.39, 0.29) is 19.8 Å². The van der Waals surface area contributed by atoms with Gasteiger partial charge in [-0.2, -0.15) is 0 Å². The Kier molecular flexibility index (Phi) is 6.67. The van der Waals surface area contributed by atoms with E-state index in [9.17, 15) is 5.11 Å². The van der Waals surface area contributed by atoms with Crippen LogP contribution in [0.4, 0.5) is 0 Å². The molecule has 2 atom stereocenters. The molecule has 0 aliphatic heterocycles. The second-order valence-corrected chi connectivity index (χ2v) is 4.22. The normalized spacial score (nSPS) is 14.2. The average molecular weight is 255 g/mol. The number of rotatable bonds is 8. The summed E-state index contributed by atoms with van der Waals surface area (Å²) in [6.45, 7) is 2.40. The maximum Gasteiger partial charge on any atom is 0.122 e. The third-order valence-electron chi connectivity index (χ3n) is 2.50. The van der Waals surface area contributed by atoms with Crippen molar-refractivity contribution in [1.29, 1.82) is 0 Å². The summed E-state index contributed by atoms with van der Waals surface area (Å²) in [5.74, 6) is 0.756. The van der Waals surface area contributed by atoms with Crippen molar-refractivity contribution in [3.8, 4) is 5.75 Å². The maximum absolute atomic E-state index is 9.66. The van der Waals surface area contributed by atoms with Crippen molar-refractivity contribution in [2.75, 3.05) is 26.3 Å². The molecule has 0 aliphatic carbocycles. The number of hydrogen-bond acceptors (Lipinski definition) is 5. The zero-order valence-electron chi connectivity index (χ0n) is 10.5. The van der Waals surface area contributed by atoms with Gasteiger partial charge in [0.25, 0.3) is 0 Å². The van der Waals surface area contributed by atoms with Crippen molar-refractivity contribution >= 4 is 0 Å². The SMILES string of the molecule is Cc1ccccc1OCC(O)CNCC(O)CO. The number of para-hydroxylation sites is 1. The van der Waals surface area contributed by atoms with Gasteiger partial charge in [0.1, 0.15) is 18.5 Å². The summed E-state index contributed by atoms with van der Waals surface area (Å²) in [4.78, 5) is 0. The first-order chi connectivity index (χ1) is 8.63. The van der Waals surface area contributed by atoms with Gasteiger partial charge in [0.05, 0.1) is 12.7 Å². The highest BCUT2D eigenvalue weighted by Crippen LogP contribution is 2.16. The second-order valence-electron chi connectivity index (χ2n) is 4.22. The van der Waals surface area contributed by atoms with Crippen LogP contribution in [0, 0.1) is 6.92 Å². The molecule has 0 bridgehead atoms. The third kappa shape index (κ3) is 5.46. The van der Waals surface area contributed by atoms with E-state index in [1.807, 2.05) is 31.2 Å². The minimum atomic E-state index is -0.797. The molecule has 1 aromatic carbocycles. The van der Waals surface area contributed by atoms with Crippen molar-refractivity contribution < 1.29 is 20.1 Å². The van der Waals surface area contributed by atoms with E-state index in [0.717, 1.165) is 11.3 Å². The Morgan fingerprint density at radius 1 is 1.17 bits per heavy atom. The molecule has 0 saturated carbocycles. The van der Waals surface area contributed by atoms with E-state index in [1.54, 1.807) is 0 Å². The lowest BCUT2D eigenvalue weighted by molar-refractivity contribution is 0.0794. The van der Waals surface area contributed by atoms with Crippen LogP contribution >= 0.6 is 0 Å². The lowest BCUT2D eigenvalue weighted by Gasteiger charge is -2.15. The average Bonchev–Trinajstić information content (AvgIpc) is 2.37. The molecule has 1 rings (SSSR count). The molecule has 0 heterocycles. The fourth-order valence-electron chi connectivity index (χ4n) is 1.44. The minimum Gasteiger partial charge on any atom is -0.491 e. The molecule has 0 fully saturated rings. The summed E-state index contributed by atoms with van der Waals surface area (Å²) in [5.41, 5.74) is 1.02. The number of aliphatic hydroxyl groups is 3. The number of ether oxygens (including phenoxy) is 1.